The molecule has 0 amide bonds. The van der Waals surface area contributed by atoms with E-state index in [9.17, 15) is 14.4 Å². The van der Waals surface area contributed by atoms with Crippen LogP contribution < -0.4 is 0 Å². The molecule has 0 aromatic rings. The van der Waals surface area contributed by atoms with Crippen LogP contribution in [0, 0.1) is 0 Å². The molecule has 6 nitrogen and oxygen atoms in total. The molecule has 0 radical (unpaired) electrons. The highest BCUT2D eigenvalue weighted by Gasteiger charge is 2.19. The van der Waals surface area contributed by atoms with E-state index >= 15 is 0 Å². The summed E-state index contributed by atoms with van der Waals surface area (Å²) in [6.07, 6.45) is 84.5. The zero-order valence-corrected chi connectivity index (χ0v) is 50.3. The van der Waals surface area contributed by atoms with Crippen LogP contribution in [0.5, 0.6) is 0 Å². The van der Waals surface area contributed by atoms with Crippen molar-refractivity contribution in [3.8, 4) is 0 Å². The largest absolute Gasteiger partial charge is 0.462 e. The van der Waals surface area contributed by atoms with Crippen molar-refractivity contribution in [1.82, 2.24) is 0 Å². The summed E-state index contributed by atoms with van der Waals surface area (Å²) in [7, 11) is 0. The van der Waals surface area contributed by atoms with Crippen molar-refractivity contribution < 1.29 is 28.6 Å². The number of rotatable bonds is 59. The predicted octanol–water partition coefficient (Wildman–Crippen LogP) is 22.3. The van der Waals surface area contributed by atoms with Crippen molar-refractivity contribution in [2.45, 2.75) is 329 Å². The summed E-state index contributed by atoms with van der Waals surface area (Å²) in [5.41, 5.74) is 0. The van der Waals surface area contributed by atoms with Gasteiger partial charge < -0.3 is 14.2 Å². The number of unbranched alkanes of at least 4 members (excludes halogenated alkanes) is 34. The van der Waals surface area contributed by atoms with Gasteiger partial charge in [-0.1, -0.05) is 298 Å². The van der Waals surface area contributed by atoms with Gasteiger partial charge in [0.25, 0.3) is 0 Å². The van der Waals surface area contributed by atoms with Crippen molar-refractivity contribution in [2.24, 2.45) is 0 Å². The first-order valence-electron chi connectivity index (χ1n) is 32.6. The number of hydrogen-bond acceptors (Lipinski definition) is 6. The molecule has 0 aliphatic rings. The molecule has 0 saturated carbocycles. The van der Waals surface area contributed by atoms with Crippen molar-refractivity contribution >= 4 is 17.9 Å². The lowest BCUT2D eigenvalue weighted by molar-refractivity contribution is -0.167. The number of allylic oxidation sites excluding steroid dienone is 14. The van der Waals surface area contributed by atoms with Gasteiger partial charge in [-0.3, -0.25) is 14.4 Å². The molecule has 0 aromatic carbocycles. The van der Waals surface area contributed by atoms with Gasteiger partial charge in [0.1, 0.15) is 13.2 Å². The van der Waals surface area contributed by atoms with E-state index in [2.05, 4.69) is 106 Å². The molecular formula is C70H122O6. The van der Waals surface area contributed by atoms with Gasteiger partial charge in [0.15, 0.2) is 6.10 Å². The maximum atomic E-state index is 12.9. The summed E-state index contributed by atoms with van der Waals surface area (Å²) in [4.78, 5) is 38.3. The molecule has 0 heterocycles. The number of esters is 3. The average Bonchev–Trinajstić information content (AvgIpc) is 3.42. The molecular weight excluding hydrogens is 937 g/mol. The predicted molar refractivity (Wildman–Crippen MR) is 330 cm³/mol. The Labute approximate surface area is 471 Å². The lowest BCUT2D eigenvalue weighted by Gasteiger charge is -2.18. The van der Waals surface area contributed by atoms with Gasteiger partial charge >= 0.3 is 17.9 Å². The normalized spacial score (nSPS) is 12.6. The molecule has 1 unspecified atom stereocenters. The first-order valence-corrected chi connectivity index (χ1v) is 32.6. The summed E-state index contributed by atoms with van der Waals surface area (Å²) < 4.78 is 16.9. The van der Waals surface area contributed by atoms with E-state index in [0.29, 0.717) is 19.3 Å². The van der Waals surface area contributed by atoms with Crippen LogP contribution in [0.2, 0.25) is 0 Å². The third kappa shape index (κ3) is 61.4. The van der Waals surface area contributed by atoms with E-state index in [4.69, 9.17) is 14.2 Å². The van der Waals surface area contributed by atoms with Crippen LogP contribution in [0.25, 0.3) is 0 Å². The fraction of sp³-hybridized carbons (Fsp3) is 0.757. The molecule has 6 heteroatoms. The Morgan fingerprint density at radius 1 is 0.276 bits per heavy atom. The quantitative estimate of drug-likeness (QED) is 0.0261. The SMILES string of the molecule is CC/C=C\C/C=C\C/C=C\C/C=C\C/C=C\C/C=C\CCCCCCCCCCCCC(=O)OCC(COC(=O)CCCCCCC/C=C\CCCC)OC(=O)CCCCCCCCCCCCCCCCCCCC. The molecule has 1 atom stereocenters. The van der Waals surface area contributed by atoms with E-state index in [1.54, 1.807) is 0 Å². The minimum absolute atomic E-state index is 0.0781. The van der Waals surface area contributed by atoms with Gasteiger partial charge in [-0.15, -0.1) is 0 Å². The molecule has 0 saturated heterocycles. The molecule has 0 spiro atoms. The Bertz CT molecular complexity index is 1450. The Balaban J connectivity index is 4.23. The Hall–Kier alpha value is -3.41. The highest BCUT2D eigenvalue weighted by Crippen LogP contribution is 2.17. The van der Waals surface area contributed by atoms with E-state index < -0.39 is 6.10 Å². The third-order valence-corrected chi connectivity index (χ3v) is 14.1. The number of ether oxygens (including phenoxy) is 3. The topological polar surface area (TPSA) is 78.9 Å². The minimum atomic E-state index is -0.780. The first kappa shape index (κ1) is 72.6. The number of carbonyl (C=O) groups excluding carboxylic acids is 3. The smallest absolute Gasteiger partial charge is 0.306 e. The van der Waals surface area contributed by atoms with Gasteiger partial charge in [0.05, 0.1) is 0 Å². The Morgan fingerprint density at radius 2 is 0.526 bits per heavy atom. The summed E-state index contributed by atoms with van der Waals surface area (Å²) >= 11 is 0. The average molecular weight is 1060 g/mol. The second kappa shape index (κ2) is 64.1. The van der Waals surface area contributed by atoms with Crippen molar-refractivity contribution in [3.05, 3.63) is 85.1 Å². The van der Waals surface area contributed by atoms with E-state index in [-0.39, 0.29) is 31.1 Å². The second-order valence-corrected chi connectivity index (χ2v) is 21.6. The zero-order valence-electron chi connectivity index (χ0n) is 50.3. The highest BCUT2D eigenvalue weighted by atomic mass is 16.6. The molecule has 0 rings (SSSR count). The van der Waals surface area contributed by atoms with E-state index in [1.165, 1.54) is 180 Å². The molecule has 0 bridgehead atoms. The summed E-state index contributed by atoms with van der Waals surface area (Å²) in [6.45, 7) is 6.51. The molecule has 0 fully saturated rings. The van der Waals surface area contributed by atoms with Gasteiger partial charge in [-0.25, -0.2) is 0 Å². The van der Waals surface area contributed by atoms with Crippen LogP contribution in [0.1, 0.15) is 323 Å². The Morgan fingerprint density at radius 3 is 0.855 bits per heavy atom. The molecule has 76 heavy (non-hydrogen) atoms. The van der Waals surface area contributed by atoms with E-state index in [1.807, 2.05) is 0 Å². The van der Waals surface area contributed by atoms with Gasteiger partial charge in [-0.2, -0.15) is 0 Å². The van der Waals surface area contributed by atoms with Crippen molar-refractivity contribution in [2.75, 3.05) is 13.2 Å². The third-order valence-electron chi connectivity index (χ3n) is 14.1. The van der Waals surface area contributed by atoms with Crippen LogP contribution in [-0.2, 0) is 28.6 Å². The Kier molecular flexibility index (Phi) is 61.2. The molecule has 0 N–H and O–H groups in total. The molecule has 0 aliphatic carbocycles. The van der Waals surface area contributed by atoms with Crippen molar-refractivity contribution in [1.29, 1.82) is 0 Å². The fourth-order valence-corrected chi connectivity index (χ4v) is 9.25. The van der Waals surface area contributed by atoms with E-state index in [0.717, 1.165) is 103 Å². The van der Waals surface area contributed by atoms with Crippen LogP contribution in [0.3, 0.4) is 0 Å². The number of carbonyl (C=O) groups is 3. The van der Waals surface area contributed by atoms with Crippen LogP contribution in [-0.4, -0.2) is 37.2 Å². The fourth-order valence-electron chi connectivity index (χ4n) is 9.25. The number of hydrogen-bond donors (Lipinski definition) is 0. The van der Waals surface area contributed by atoms with Crippen LogP contribution in [0.15, 0.2) is 85.1 Å². The summed E-state index contributed by atoms with van der Waals surface area (Å²) in [6, 6.07) is 0. The first-order chi connectivity index (χ1) is 37.5. The standard InChI is InChI=1S/C70H122O6/c1-4-7-10-13-16-19-22-24-26-28-30-31-32-33-34-35-36-37-38-39-40-42-43-45-48-51-54-57-60-63-69(72)75-66-67(65-74-68(71)62-59-56-53-50-47-21-18-15-12-9-6-3)76-70(73)64-61-58-55-52-49-46-44-41-29-27-25-23-20-17-14-11-8-5-2/h7,10,15-16,18-19,24,26,30-31,33-34,36-37,67H,4-6,8-9,11-14,17,20-23,25,27-29,32,35,38-66H2,1-3H3/b10-7-,18-15-,19-16-,26-24-,31-30-,34-33-,37-36-. The second-order valence-electron chi connectivity index (χ2n) is 21.6. The summed E-state index contributed by atoms with van der Waals surface area (Å²) in [5.74, 6) is -0.877. The molecule has 0 aromatic heterocycles. The van der Waals surface area contributed by atoms with Crippen LogP contribution in [0.4, 0.5) is 0 Å². The minimum Gasteiger partial charge on any atom is -0.462 e. The van der Waals surface area contributed by atoms with Gasteiger partial charge in [0.2, 0.25) is 0 Å². The lowest BCUT2D eigenvalue weighted by Crippen LogP contribution is -2.30. The maximum Gasteiger partial charge on any atom is 0.306 e. The highest BCUT2D eigenvalue weighted by molar-refractivity contribution is 5.71. The van der Waals surface area contributed by atoms with Gasteiger partial charge in [0, 0.05) is 19.3 Å². The lowest BCUT2D eigenvalue weighted by atomic mass is 10.0. The van der Waals surface area contributed by atoms with Crippen LogP contribution >= 0.6 is 0 Å². The van der Waals surface area contributed by atoms with Gasteiger partial charge in [-0.05, 0) is 89.9 Å². The maximum absolute atomic E-state index is 12.9. The molecule has 438 valence electrons. The monoisotopic (exact) mass is 1060 g/mol. The van der Waals surface area contributed by atoms with Crippen molar-refractivity contribution in [3.63, 3.8) is 0 Å². The molecule has 0 aliphatic heterocycles. The zero-order chi connectivity index (χ0) is 55.0. The summed E-state index contributed by atoms with van der Waals surface area (Å²) in [5, 5.41) is 0.